The van der Waals surface area contributed by atoms with Gasteiger partial charge in [-0.2, -0.15) is 0 Å². The molecular weight excluding hydrogens is 548 g/mol. The van der Waals surface area contributed by atoms with Crippen LogP contribution in [0.4, 0.5) is 0 Å². The van der Waals surface area contributed by atoms with E-state index in [1.807, 2.05) is 85.7 Å². The van der Waals surface area contributed by atoms with Gasteiger partial charge in [0.25, 0.3) is 5.91 Å². The van der Waals surface area contributed by atoms with Crippen LogP contribution in [0.3, 0.4) is 0 Å². The minimum atomic E-state index is -0.766. The minimum absolute atomic E-state index is 0.00447. The van der Waals surface area contributed by atoms with Crippen LogP contribution < -0.4 is 4.74 Å². The van der Waals surface area contributed by atoms with Crippen LogP contribution in [0.1, 0.15) is 27.7 Å². The van der Waals surface area contributed by atoms with Gasteiger partial charge in [-0.05, 0) is 61.6 Å². The van der Waals surface area contributed by atoms with Crippen molar-refractivity contribution in [1.29, 1.82) is 0 Å². The molecule has 1 amide bonds. The zero-order chi connectivity index (χ0) is 26.8. The molecule has 1 aliphatic rings. The third kappa shape index (κ3) is 5.23. The molecule has 1 aromatic heterocycles. The summed E-state index contributed by atoms with van der Waals surface area (Å²) in [5, 5.41) is 11.7. The molecule has 1 atom stereocenters. The number of nitrogens with zero attached hydrogens (tertiary/aromatic N) is 2. The summed E-state index contributed by atoms with van der Waals surface area (Å²) < 4.78 is 12.6. The van der Waals surface area contributed by atoms with E-state index in [4.69, 9.17) is 9.15 Å². The van der Waals surface area contributed by atoms with E-state index in [0.717, 1.165) is 15.4 Å². The number of furan rings is 1. The van der Waals surface area contributed by atoms with Crippen LogP contribution >= 0.6 is 15.9 Å². The summed E-state index contributed by atoms with van der Waals surface area (Å²) in [6.45, 7) is 1.31. The van der Waals surface area contributed by atoms with Gasteiger partial charge in [0.15, 0.2) is 11.5 Å². The number of ether oxygens (including phenoxy) is 1. The molecule has 7 nitrogen and oxygen atoms in total. The van der Waals surface area contributed by atoms with E-state index in [1.54, 1.807) is 12.1 Å². The second kappa shape index (κ2) is 10.8. The molecule has 0 saturated carbocycles. The van der Waals surface area contributed by atoms with E-state index >= 15 is 0 Å². The number of aliphatic hydroxyl groups excluding tert-OH is 1. The summed E-state index contributed by atoms with van der Waals surface area (Å²) in [7, 11) is 3.81. The van der Waals surface area contributed by atoms with Gasteiger partial charge in [-0.3, -0.25) is 9.59 Å². The van der Waals surface area contributed by atoms with Crippen LogP contribution in [0.15, 0.2) is 99.1 Å². The maximum atomic E-state index is 13.7. The highest BCUT2D eigenvalue weighted by molar-refractivity contribution is 9.10. The largest absolute Gasteiger partial charge is 0.503 e. The van der Waals surface area contributed by atoms with E-state index in [0.29, 0.717) is 36.6 Å². The Bertz CT molecular complexity index is 1510. The van der Waals surface area contributed by atoms with E-state index in [1.165, 1.54) is 4.90 Å². The fourth-order valence-electron chi connectivity index (χ4n) is 4.52. The number of fused-ring (bicyclic) bond motifs is 1. The van der Waals surface area contributed by atoms with Gasteiger partial charge in [-0.15, -0.1) is 0 Å². The highest BCUT2D eigenvalue weighted by Crippen LogP contribution is 2.40. The van der Waals surface area contributed by atoms with Crippen molar-refractivity contribution in [3.05, 3.63) is 112 Å². The summed E-state index contributed by atoms with van der Waals surface area (Å²) >= 11 is 3.43. The molecule has 1 unspecified atom stereocenters. The highest BCUT2D eigenvalue weighted by atomic mass is 79.9. The van der Waals surface area contributed by atoms with Crippen LogP contribution in [-0.4, -0.2) is 53.8 Å². The van der Waals surface area contributed by atoms with Crippen molar-refractivity contribution < 1.29 is 23.8 Å². The lowest BCUT2D eigenvalue weighted by Gasteiger charge is -2.28. The number of benzene rings is 3. The first kappa shape index (κ1) is 25.8. The summed E-state index contributed by atoms with van der Waals surface area (Å²) in [5.41, 5.74) is 2.29. The molecule has 0 bridgehead atoms. The van der Waals surface area contributed by atoms with Crippen LogP contribution in [0.5, 0.6) is 5.75 Å². The number of hydrogen-bond donors (Lipinski definition) is 1. The van der Waals surface area contributed by atoms with E-state index < -0.39 is 23.5 Å². The number of likely N-dealkylation sites (N-methyl/N-ethyl adjacent to an activating group) is 1. The van der Waals surface area contributed by atoms with Crippen molar-refractivity contribution in [3.63, 3.8) is 0 Å². The lowest BCUT2D eigenvalue weighted by molar-refractivity contribution is -0.129. The fourth-order valence-corrected chi connectivity index (χ4v) is 4.90. The van der Waals surface area contributed by atoms with Gasteiger partial charge in [0.1, 0.15) is 17.9 Å². The molecule has 4 aromatic rings. The minimum Gasteiger partial charge on any atom is -0.503 e. The molecule has 38 heavy (non-hydrogen) atoms. The predicted molar refractivity (Wildman–Crippen MR) is 148 cm³/mol. The van der Waals surface area contributed by atoms with Gasteiger partial charge >= 0.3 is 0 Å². The lowest BCUT2D eigenvalue weighted by atomic mass is 9.95. The predicted octanol–water partition coefficient (Wildman–Crippen LogP) is 5.91. The Kier molecular flexibility index (Phi) is 7.35. The number of rotatable bonds is 9. The first-order chi connectivity index (χ1) is 18.3. The second-order valence-corrected chi connectivity index (χ2v) is 10.3. The van der Waals surface area contributed by atoms with Gasteiger partial charge in [0.2, 0.25) is 5.78 Å². The summed E-state index contributed by atoms with van der Waals surface area (Å²) in [5.74, 6) is -0.932. The van der Waals surface area contributed by atoms with Gasteiger partial charge in [0.05, 0.1) is 11.6 Å². The molecule has 0 fully saturated rings. The standard InChI is InChI=1S/C30H27BrN2O5/c1-32(2)14-15-33-27(20-8-11-23(12-9-20)37-18-19-6-4-3-5-7-19)26(29(35)30(33)36)28(34)25-17-21-16-22(31)10-13-24(21)38-25/h3-13,16-17,27,35H,14-15,18H2,1-2H3. The Labute approximate surface area is 229 Å². The number of carbonyl (C=O) groups excluding carboxylic acids is 2. The molecule has 0 saturated heterocycles. The third-order valence-electron chi connectivity index (χ3n) is 6.48. The quantitative estimate of drug-likeness (QED) is 0.250. The van der Waals surface area contributed by atoms with Crippen LogP contribution in [0.2, 0.25) is 0 Å². The van der Waals surface area contributed by atoms with Crippen molar-refractivity contribution in [2.75, 3.05) is 27.2 Å². The molecule has 2 heterocycles. The number of Topliss-reactive ketones (excluding diaryl/α,β-unsaturated/α-hetero) is 1. The van der Waals surface area contributed by atoms with Gasteiger partial charge < -0.3 is 24.1 Å². The number of ketones is 1. The third-order valence-corrected chi connectivity index (χ3v) is 6.98. The van der Waals surface area contributed by atoms with E-state index in [9.17, 15) is 14.7 Å². The van der Waals surface area contributed by atoms with Crippen LogP contribution in [0.25, 0.3) is 11.0 Å². The lowest BCUT2D eigenvalue weighted by Crippen LogP contribution is -2.36. The zero-order valence-electron chi connectivity index (χ0n) is 21.1. The Hall–Kier alpha value is -3.88. The molecule has 1 aliphatic heterocycles. The zero-order valence-corrected chi connectivity index (χ0v) is 22.6. The topological polar surface area (TPSA) is 83.2 Å². The van der Waals surface area contributed by atoms with Crippen LogP contribution in [-0.2, 0) is 11.4 Å². The summed E-state index contributed by atoms with van der Waals surface area (Å²) in [6, 6.07) is 23.4. The van der Waals surface area contributed by atoms with Crippen molar-refractivity contribution in [2.24, 2.45) is 0 Å². The molecule has 8 heteroatoms. The summed E-state index contributed by atoms with van der Waals surface area (Å²) in [4.78, 5) is 30.4. The number of hydrogen-bond acceptors (Lipinski definition) is 6. The first-order valence-corrected chi connectivity index (χ1v) is 13.0. The van der Waals surface area contributed by atoms with Gasteiger partial charge in [-0.1, -0.05) is 58.4 Å². The fraction of sp³-hybridized carbons (Fsp3) is 0.200. The van der Waals surface area contributed by atoms with Gasteiger partial charge in [-0.25, -0.2) is 0 Å². The molecule has 0 radical (unpaired) electrons. The normalized spacial score (nSPS) is 15.6. The molecule has 0 aliphatic carbocycles. The number of carbonyl (C=O) groups is 2. The SMILES string of the molecule is CN(C)CCN1C(=O)C(O)=C(C(=O)c2cc3cc(Br)ccc3o2)C1c1ccc(OCc2ccccc2)cc1. The van der Waals surface area contributed by atoms with Crippen molar-refractivity contribution >= 4 is 38.6 Å². The number of halogens is 1. The maximum absolute atomic E-state index is 13.7. The number of aliphatic hydroxyl groups is 1. The monoisotopic (exact) mass is 574 g/mol. The summed E-state index contributed by atoms with van der Waals surface area (Å²) in [6.07, 6.45) is 0. The Balaban J connectivity index is 1.46. The molecular formula is C30H27BrN2O5. The molecule has 3 aromatic carbocycles. The first-order valence-electron chi connectivity index (χ1n) is 12.2. The molecule has 194 valence electrons. The van der Waals surface area contributed by atoms with Crippen molar-refractivity contribution in [2.45, 2.75) is 12.6 Å². The van der Waals surface area contributed by atoms with Crippen molar-refractivity contribution in [1.82, 2.24) is 9.80 Å². The maximum Gasteiger partial charge on any atom is 0.290 e. The Morgan fingerprint density at radius 3 is 2.50 bits per heavy atom. The van der Waals surface area contributed by atoms with Gasteiger partial charge in [0, 0.05) is 22.9 Å². The van der Waals surface area contributed by atoms with E-state index in [-0.39, 0.29) is 11.3 Å². The number of amides is 1. The van der Waals surface area contributed by atoms with Crippen LogP contribution in [0, 0.1) is 0 Å². The van der Waals surface area contributed by atoms with E-state index in [2.05, 4.69) is 15.9 Å². The average molecular weight is 575 g/mol. The second-order valence-electron chi connectivity index (χ2n) is 9.43. The van der Waals surface area contributed by atoms with Crippen molar-refractivity contribution in [3.8, 4) is 5.75 Å². The Morgan fingerprint density at radius 2 is 1.79 bits per heavy atom. The smallest absolute Gasteiger partial charge is 0.290 e. The molecule has 1 N–H and O–H groups in total. The molecule has 0 spiro atoms. The molecule has 5 rings (SSSR count). The average Bonchev–Trinajstić information content (AvgIpc) is 3.45. The Morgan fingerprint density at radius 1 is 1.05 bits per heavy atom. The highest BCUT2D eigenvalue weighted by Gasteiger charge is 2.44.